The third-order valence-electron chi connectivity index (χ3n) is 10.5. The van der Waals surface area contributed by atoms with E-state index >= 15 is 0 Å². The maximum Gasteiger partial charge on any atom is 0.198 e. The zero-order valence-corrected chi connectivity index (χ0v) is 28.1. The Bertz CT molecular complexity index is 2810. The van der Waals surface area contributed by atoms with E-state index in [2.05, 4.69) is 166 Å². The van der Waals surface area contributed by atoms with Gasteiger partial charge in [0, 0.05) is 49.7 Å². The molecular formula is C45H34BN2O. The summed E-state index contributed by atoms with van der Waals surface area (Å²) < 4.78 is 8.93. The lowest BCUT2D eigenvalue weighted by molar-refractivity contribution is 0.590. The number of nitrogens with one attached hydrogen (secondary N) is 1. The molecule has 0 saturated heterocycles. The number of benzene rings is 7. The fourth-order valence-corrected chi connectivity index (χ4v) is 8.09. The Morgan fingerprint density at radius 1 is 0.653 bits per heavy atom. The normalized spacial score (nSPS) is 12.7. The number of aryl methyl sites for hydroxylation is 1. The lowest BCUT2D eigenvalue weighted by atomic mass is 9.58. The molecule has 1 radical (unpaired) electrons. The molecule has 233 valence electrons. The van der Waals surface area contributed by atoms with Gasteiger partial charge in [-0.15, -0.1) is 0 Å². The molecule has 7 aromatic carbocycles. The maximum atomic E-state index is 6.42. The first-order valence-electron chi connectivity index (χ1n) is 17.1. The van der Waals surface area contributed by atoms with E-state index in [-0.39, 0.29) is 5.41 Å². The van der Waals surface area contributed by atoms with Crippen molar-refractivity contribution in [3.05, 3.63) is 139 Å². The molecule has 49 heavy (non-hydrogen) atoms. The van der Waals surface area contributed by atoms with Gasteiger partial charge in [0.25, 0.3) is 0 Å². The summed E-state index contributed by atoms with van der Waals surface area (Å²) in [7, 11) is 2.38. The molecule has 9 aromatic rings. The standard InChI is InChI=1S/C45H34BN2O/c1-26-23-34(31-13-7-9-15-36(31)47-29-20-18-28(19-21-29)45(2,3)4)43-44-41(26)42-30-12-6-5-11-27(30)17-22-37(42)48(44)38-24-33-32-14-8-10-16-39(32)49-40(33)25-35(38)46-43/h5-25,47H,1-4H3. The molecule has 0 amide bonds. The van der Waals surface area contributed by atoms with Crippen LogP contribution in [-0.2, 0) is 5.41 Å². The van der Waals surface area contributed by atoms with Crippen LogP contribution in [0.4, 0.5) is 11.4 Å². The monoisotopic (exact) mass is 629 g/mol. The van der Waals surface area contributed by atoms with Crippen LogP contribution in [0, 0.1) is 6.92 Å². The number of para-hydroxylation sites is 2. The number of furan rings is 1. The van der Waals surface area contributed by atoms with Crippen molar-refractivity contribution >= 4 is 84.1 Å². The Balaban J connectivity index is 1.26. The summed E-state index contributed by atoms with van der Waals surface area (Å²) in [4.78, 5) is 0. The molecule has 10 rings (SSSR count). The first-order chi connectivity index (χ1) is 23.8. The largest absolute Gasteiger partial charge is 0.456 e. The topological polar surface area (TPSA) is 30.1 Å². The summed E-state index contributed by atoms with van der Waals surface area (Å²) in [6.07, 6.45) is 0. The number of hydrogen-bond donors (Lipinski definition) is 1. The van der Waals surface area contributed by atoms with E-state index in [1.54, 1.807) is 0 Å². The van der Waals surface area contributed by atoms with Gasteiger partial charge in [-0.1, -0.05) is 111 Å². The zero-order valence-electron chi connectivity index (χ0n) is 28.1. The van der Waals surface area contributed by atoms with Gasteiger partial charge in [0.2, 0.25) is 0 Å². The summed E-state index contributed by atoms with van der Waals surface area (Å²) in [5.41, 5.74) is 15.1. The molecular weight excluding hydrogens is 595 g/mol. The van der Waals surface area contributed by atoms with E-state index in [1.165, 1.54) is 66.0 Å². The van der Waals surface area contributed by atoms with Crippen LogP contribution in [0.3, 0.4) is 0 Å². The summed E-state index contributed by atoms with van der Waals surface area (Å²) in [5, 5.41) is 11.2. The summed E-state index contributed by atoms with van der Waals surface area (Å²) in [6, 6.07) is 46.2. The van der Waals surface area contributed by atoms with Crippen LogP contribution in [-0.4, -0.2) is 11.8 Å². The van der Waals surface area contributed by atoms with Crippen molar-refractivity contribution in [2.45, 2.75) is 33.1 Å². The van der Waals surface area contributed by atoms with Crippen LogP contribution < -0.4 is 16.2 Å². The maximum absolute atomic E-state index is 6.42. The molecule has 0 spiro atoms. The average molecular weight is 630 g/mol. The van der Waals surface area contributed by atoms with Gasteiger partial charge in [0.1, 0.15) is 11.2 Å². The molecule has 0 bridgehead atoms. The Morgan fingerprint density at radius 2 is 1.41 bits per heavy atom. The third kappa shape index (κ3) is 4.17. The van der Waals surface area contributed by atoms with Crippen molar-refractivity contribution < 1.29 is 4.42 Å². The molecule has 1 aliphatic rings. The van der Waals surface area contributed by atoms with Gasteiger partial charge in [0.05, 0.1) is 5.52 Å². The fraction of sp³-hybridized carbons (Fsp3) is 0.111. The molecule has 0 atom stereocenters. The minimum atomic E-state index is 0.107. The highest BCUT2D eigenvalue weighted by atomic mass is 16.3. The minimum absolute atomic E-state index is 0.107. The molecule has 4 heteroatoms. The van der Waals surface area contributed by atoms with Gasteiger partial charge in [-0.2, -0.15) is 0 Å². The molecule has 1 N–H and O–H groups in total. The second-order valence-electron chi connectivity index (χ2n) is 14.5. The van der Waals surface area contributed by atoms with Crippen LogP contribution >= 0.6 is 0 Å². The third-order valence-corrected chi connectivity index (χ3v) is 10.5. The smallest absolute Gasteiger partial charge is 0.198 e. The van der Waals surface area contributed by atoms with Crippen molar-refractivity contribution in [3.63, 3.8) is 0 Å². The van der Waals surface area contributed by atoms with Crippen molar-refractivity contribution in [2.75, 3.05) is 5.32 Å². The molecule has 3 nitrogen and oxygen atoms in total. The molecule has 1 aliphatic heterocycles. The van der Waals surface area contributed by atoms with Gasteiger partial charge < -0.3 is 14.3 Å². The number of aromatic nitrogens is 1. The highest BCUT2D eigenvalue weighted by molar-refractivity contribution is 6.74. The van der Waals surface area contributed by atoms with Gasteiger partial charge in [-0.05, 0) is 87.7 Å². The van der Waals surface area contributed by atoms with E-state index < -0.39 is 0 Å². The number of hydrogen-bond acceptors (Lipinski definition) is 2. The second kappa shape index (κ2) is 10.1. The van der Waals surface area contributed by atoms with Gasteiger partial charge >= 0.3 is 0 Å². The highest BCUT2D eigenvalue weighted by Gasteiger charge is 2.29. The van der Waals surface area contributed by atoms with E-state index in [4.69, 9.17) is 4.42 Å². The van der Waals surface area contributed by atoms with E-state index in [9.17, 15) is 0 Å². The molecule has 0 fully saturated rings. The Morgan fingerprint density at radius 3 is 2.24 bits per heavy atom. The van der Waals surface area contributed by atoms with Crippen LogP contribution in [0.15, 0.2) is 132 Å². The SMILES string of the molecule is Cc1cc(-c2ccccc2Nc2ccc(C(C)(C)C)cc2)c2c3c1c1c4ccccc4ccc1n3-c1cc3c(cc1[B]2)oc1ccccc13. The summed E-state index contributed by atoms with van der Waals surface area (Å²) >= 11 is 0. The quantitative estimate of drug-likeness (QED) is 0.197. The lowest BCUT2D eigenvalue weighted by Crippen LogP contribution is -2.37. The lowest BCUT2D eigenvalue weighted by Gasteiger charge is -2.24. The first-order valence-corrected chi connectivity index (χ1v) is 17.1. The van der Waals surface area contributed by atoms with Crippen LogP contribution in [0.5, 0.6) is 0 Å². The Labute approximate surface area is 286 Å². The number of nitrogens with zero attached hydrogens (tertiary/aromatic N) is 1. The number of fused-ring (bicyclic) bond motifs is 10. The molecule has 0 aliphatic carbocycles. The first kappa shape index (κ1) is 28.3. The predicted octanol–water partition coefficient (Wildman–Crippen LogP) is 10.8. The number of rotatable bonds is 3. The van der Waals surface area contributed by atoms with E-state index in [0.29, 0.717) is 0 Å². The zero-order chi connectivity index (χ0) is 33.0. The van der Waals surface area contributed by atoms with Crippen molar-refractivity contribution in [1.82, 2.24) is 4.57 Å². The Hall–Kier alpha value is -5.74. The van der Waals surface area contributed by atoms with Crippen molar-refractivity contribution in [2.24, 2.45) is 0 Å². The molecule has 0 saturated carbocycles. The summed E-state index contributed by atoms with van der Waals surface area (Å²) in [5.74, 6) is 0. The minimum Gasteiger partial charge on any atom is -0.456 e. The highest BCUT2D eigenvalue weighted by Crippen LogP contribution is 2.42. The van der Waals surface area contributed by atoms with Crippen LogP contribution in [0.1, 0.15) is 31.9 Å². The Kier molecular flexibility index (Phi) is 5.85. The number of anilines is 2. The van der Waals surface area contributed by atoms with Gasteiger partial charge in [-0.25, -0.2) is 0 Å². The average Bonchev–Trinajstić information content (AvgIpc) is 3.66. The van der Waals surface area contributed by atoms with Gasteiger partial charge in [0.15, 0.2) is 7.28 Å². The van der Waals surface area contributed by atoms with Crippen LogP contribution in [0.2, 0.25) is 0 Å². The van der Waals surface area contributed by atoms with Crippen LogP contribution in [0.25, 0.3) is 71.3 Å². The predicted molar refractivity (Wildman–Crippen MR) is 209 cm³/mol. The molecule has 2 aromatic heterocycles. The molecule has 0 unspecified atom stereocenters. The van der Waals surface area contributed by atoms with Gasteiger partial charge in [-0.3, -0.25) is 0 Å². The van der Waals surface area contributed by atoms with Crippen molar-refractivity contribution in [1.29, 1.82) is 0 Å². The van der Waals surface area contributed by atoms with E-state index in [1.807, 2.05) is 6.07 Å². The summed E-state index contributed by atoms with van der Waals surface area (Å²) in [6.45, 7) is 9.04. The van der Waals surface area contributed by atoms with E-state index in [0.717, 1.165) is 38.8 Å². The fourth-order valence-electron chi connectivity index (χ4n) is 8.09. The van der Waals surface area contributed by atoms with Crippen molar-refractivity contribution in [3.8, 4) is 16.8 Å². The molecule has 3 heterocycles. The second-order valence-corrected chi connectivity index (χ2v) is 14.5.